The second-order valence-electron chi connectivity index (χ2n) is 22.7. The highest BCUT2D eigenvalue weighted by Crippen LogP contribution is 2.17. The first-order valence-corrected chi connectivity index (χ1v) is 34.2. The molecule has 0 saturated carbocycles. The van der Waals surface area contributed by atoms with E-state index in [1.54, 1.807) is 0 Å². The van der Waals surface area contributed by atoms with Crippen LogP contribution in [0.3, 0.4) is 0 Å². The molecule has 0 amide bonds. The molecule has 0 bridgehead atoms. The smallest absolute Gasteiger partial charge is 0.306 e. The molecular formula is C74H128O6. The number of carbonyl (C=O) groups is 3. The number of esters is 3. The van der Waals surface area contributed by atoms with Crippen molar-refractivity contribution in [2.75, 3.05) is 13.2 Å². The van der Waals surface area contributed by atoms with Gasteiger partial charge in [0, 0.05) is 19.3 Å². The fourth-order valence-electron chi connectivity index (χ4n) is 9.67. The van der Waals surface area contributed by atoms with Crippen molar-refractivity contribution < 1.29 is 28.6 Å². The van der Waals surface area contributed by atoms with Crippen LogP contribution in [0.15, 0.2) is 97.2 Å². The van der Waals surface area contributed by atoms with Crippen LogP contribution in [0.2, 0.25) is 0 Å². The highest BCUT2D eigenvalue weighted by Gasteiger charge is 2.19. The third-order valence-corrected chi connectivity index (χ3v) is 14.8. The lowest BCUT2D eigenvalue weighted by Gasteiger charge is -2.18. The molecule has 0 fully saturated rings. The summed E-state index contributed by atoms with van der Waals surface area (Å²) in [6.07, 6.45) is 91.5. The van der Waals surface area contributed by atoms with Crippen LogP contribution in [-0.4, -0.2) is 37.2 Å². The maximum absolute atomic E-state index is 12.9. The zero-order chi connectivity index (χ0) is 57.8. The van der Waals surface area contributed by atoms with Crippen LogP contribution < -0.4 is 0 Å². The molecule has 0 N–H and O–H groups in total. The van der Waals surface area contributed by atoms with Gasteiger partial charge in [-0.15, -0.1) is 0 Å². The minimum atomic E-state index is -0.800. The standard InChI is InChI=1S/C74H128O6/c1-4-7-10-13-16-19-22-25-28-30-32-33-34-35-36-37-38-39-40-41-43-44-46-49-52-55-58-61-64-67-73(76)79-70-71(69-78-72(75)66-63-60-57-54-51-48-27-24-21-18-15-12-9-6-3)80-74(77)68-65-62-59-56-53-50-47-45-42-31-29-26-23-20-17-14-11-8-5-2/h8,11,17,20,22,24-27,29-30,32,42,45,50,53,71H,4-7,9-10,12-16,18-19,21,23,28,31,33-41,43-44,46-49,51-52,54-70H2,1-3H3/b11-8-,20-17-,25-22-,27-24-,29-26-,32-30-,45-42-,53-50-. The molecule has 80 heavy (non-hydrogen) atoms. The van der Waals surface area contributed by atoms with E-state index in [9.17, 15) is 14.4 Å². The largest absolute Gasteiger partial charge is 0.462 e. The highest BCUT2D eigenvalue weighted by molar-refractivity contribution is 5.71. The summed E-state index contributed by atoms with van der Waals surface area (Å²) in [7, 11) is 0. The quantitative estimate of drug-likeness (QED) is 0.0261. The number of hydrogen-bond donors (Lipinski definition) is 0. The van der Waals surface area contributed by atoms with Gasteiger partial charge in [0.05, 0.1) is 0 Å². The maximum atomic E-state index is 12.9. The van der Waals surface area contributed by atoms with Crippen molar-refractivity contribution in [3.05, 3.63) is 97.2 Å². The van der Waals surface area contributed by atoms with Crippen LogP contribution in [0.1, 0.15) is 335 Å². The molecule has 0 aliphatic heterocycles. The average molecular weight is 1110 g/mol. The van der Waals surface area contributed by atoms with Gasteiger partial charge in [-0.2, -0.15) is 0 Å². The first kappa shape index (κ1) is 76.3. The average Bonchev–Trinajstić information content (AvgIpc) is 3.46. The SMILES string of the molecule is CC/C=C\C/C=C\C/C=C\C/C=C\C/C=C\CCCCCC(=O)OC(COC(=O)CCCCCCC/C=C\CCCCCCC)COC(=O)CCCCCCCCCCCCCCCCCCC/C=C\C/C=C\CCCCCCC. The summed E-state index contributed by atoms with van der Waals surface area (Å²) in [6, 6.07) is 0. The molecule has 0 spiro atoms. The number of carbonyl (C=O) groups excluding carboxylic acids is 3. The molecule has 6 nitrogen and oxygen atoms in total. The molecule has 0 radical (unpaired) electrons. The van der Waals surface area contributed by atoms with Crippen molar-refractivity contribution in [2.24, 2.45) is 0 Å². The first-order chi connectivity index (χ1) is 39.5. The van der Waals surface area contributed by atoms with Gasteiger partial charge in [-0.05, 0) is 122 Å². The molecule has 0 heterocycles. The Morgan fingerprint density at radius 3 is 0.787 bits per heavy atom. The Bertz CT molecular complexity index is 1560. The number of hydrogen-bond acceptors (Lipinski definition) is 6. The van der Waals surface area contributed by atoms with E-state index in [2.05, 4.69) is 118 Å². The van der Waals surface area contributed by atoms with Crippen molar-refractivity contribution in [1.29, 1.82) is 0 Å². The highest BCUT2D eigenvalue weighted by atomic mass is 16.6. The van der Waals surface area contributed by atoms with E-state index in [4.69, 9.17) is 14.2 Å². The summed E-state index contributed by atoms with van der Waals surface area (Å²) in [5.74, 6) is -0.921. The Morgan fingerprint density at radius 1 is 0.263 bits per heavy atom. The third-order valence-electron chi connectivity index (χ3n) is 14.8. The minimum Gasteiger partial charge on any atom is -0.462 e. The van der Waals surface area contributed by atoms with E-state index >= 15 is 0 Å². The van der Waals surface area contributed by atoms with Crippen molar-refractivity contribution in [1.82, 2.24) is 0 Å². The first-order valence-electron chi connectivity index (χ1n) is 34.2. The lowest BCUT2D eigenvalue weighted by atomic mass is 10.0. The molecule has 1 atom stereocenters. The van der Waals surface area contributed by atoms with Crippen LogP contribution >= 0.6 is 0 Å². The summed E-state index contributed by atoms with van der Waals surface area (Å²) in [6.45, 7) is 6.51. The molecule has 0 aromatic heterocycles. The molecule has 0 rings (SSSR count). The number of rotatable bonds is 62. The van der Waals surface area contributed by atoms with E-state index < -0.39 is 6.10 Å². The molecule has 6 heteroatoms. The van der Waals surface area contributed by atoms with Gasteiger partial charge < -0.3 is 14.2 Å². The fraction of sp³-hybridized carbons (Fsp3) is 0.743. The van der Waals surface area contributed by atoms with Crippen LogP contribution in [0.4, 0.5) is 0 Å². The fourth-order valence-corrected chi connectivity index (χ4v) is 9.67. The zero-order valence-corrected chi connectivity index (χ0v) is 52.8. The molecule has 460 valence electrons. The normalized spacial score (nSPS) is 12.7. The molecular weight excluding hydrogens is 985 g/mol. The van der Waals surface area contributed by atoms with Crippen LogP contribution in [0.25, 0.3) is 0 Å². The molecule has 0 saturated heterocycles. The summed E-state index contributed by atoms with van der Waals surface area (Å²) >= 11 is 0. The van der Waals surface area contributed by atoms with Crippen molar-refractivity contribution >= 4 is 17.9 Å². The van der Waals surface area contributed by atoms with E-state index in [0.29, 0.717) is 12.8 Å². The van der Waals surface area contributed by atoms with Gasteiger partial charge in [-0.3, -0.25) is 14.4 Å². The van der Waals surface area contributed by atoms with E-state index in [0.717, 1.165) is 109 Å². The van der Waals surface area contributed by atoms with Gasteiger partial charge in [0.25, 0.3) is 0 Å². The maximum Gasteiger partial charge on any atom is 0.306 e. The second kappa shape index (κ2) is 67.8. The second-order valence-corrected chi connectivity index (χ2v) is 22.7. The van der Waals surface area contributed by atoms with Gasteiger partial charge in [-0.1, -0.05) is 291 Å². The summed E-state index contributed by atoms with van der Waals surface area (Å²) in [5.41, 5.74) is 0. The van der Waals surface area contributed by atoms with E-state index in [1.807, 2.05) is 0 Å². The molecule has 0 aromatic rings. The topological polar surface area (TPSA) is 78.9 Å². The number of allylic oxidation sites excluding steroid dienone is 16. The Labute approximate surface area is 496 Å². The molecule has 0 aliphatic rings. The minimum absolute atomic E-state index is 0.0917. The van der Waals surface area contributed by atoms with Crippen molar-refractivity contribution in [3.63, 3.8) is 0 Å². The van der Waals surface area contributed by atoms with Gasteiger partial charge in [-0.25, -0.2) is 0 Å². The van der Waals surface area contributed by atoms with Gasteiger partial charge in [0.15, 0.2) is 6.10 Å². The van der Waals surface area contributed by atoms with Crippen LogP contribution in [0.5, 0.6) is 0 Å². The molecule has 0 aliphatic carbocycles. The van der Waals surface area contributed by atoms with Crippen LogP contribution in [0, 0.1) is 0 Å². The zero-order valence-electron chi connectivity index (χ0n) is 52.8. The summed E-state index contributed by atoms with van der Waals surface area (Å²) < 4.78 is 16.9. The third kappa shape index (κ3) is 65.1. The van der Waals surface area contributed by atoms with Crippen molar-refractivity contribution in [2.45, 2.75) is 341 Å². The predicted molar refractivity (Wildman–Crippen MR) is 348 cm³/mol. The van der Waals surface area contributed by atoms with Gasteiger partial charge in [0.1, 0.15) is 13.2 Å². The van der Waals surface area contributed by atoms with E-state index in [1.165, 1.54) is 186 Å². The number of ether oxygens (including phenoxy) is 3. The summed E-state index contributed by atoms with van der Waals surface area (Å²) in [5, 5.41) is 0. The van der Waals surface area contributed by atoms with Crippen molar-refractivity contribution in [3.8, 4) is 0 Å². The van der Waals surface area contributed by atoms with Gasteiger partial charge in [0.2, 0.25) is 0 Å². The Balaban J connectivity index is 4.29. The lowest BCUT2D eigenvalue weighted by Crippen LogP contribution is -2.30. The van der Waals surface area contributed by atoms with Gasteiger partial charge >= 0.3 is 17.9 Å². The molecule has 1 unspecified atom stereocenters. The Hall–Kier alpha value is -3.67. The van der Waals surface area contributed by atoms with E-state index in [-0.39, 0.29) is 37.5 Å². The summed E-state index contributed by atoms with van der Waals surface area (Å²) in [4.78, 5) is 38.4. The molecule has 0 aromatic carbocycles. The number of unbranched alkanes of at least 4 members (excludes halogenated alkanes) is 35. The lowest BCUT2D eigenvalue weighted by molar-refractivity contribution is -0.167. The monoisotopic (exact) mass is 1110 g/mol. The predicted octanol–water partition coefficient (Wildman–Crippen LogP) is 23.6. The van der Waals surface area contributed by atoms with Crippen LogP contribution in [-0.2, 0) is 28.6 Å². The Morgan fingerprint density at radius 2 is 0.487 bits per heavy atom. The Kier molecular flexibility index (Phi) is 64.7.